The first-order chi connectivity index (χ1) is 17.8. The van der Waals surface area contributed by atoms with Crippen molar-refractivity contribution in [2.45, 2.75) is 17.4 Å². The fourth-order valence-electron chi connectivity index (χ4n) is 3.80. The number of benzene rings is 3. The molecule has 0 unspecified atom stereocenters. The summed E-state index contributed by atoms with van der Waals surface area (Å²) in [6, 6.07) is 24.8. The topological polar surface area (TPSA) is 117 Å². The molecule has 1 heterocycles. The SMILES string of the molecule is CS(=O)(=O)c1cc(NC(=O)[C@H](Cc2cccnc2)NC(=O)Nc2ccccc2)ccc1-c1ccccc1. The van der Waals surface area contributed by atoms with Crippen molar-refractivity contribution in [2.24, 2.45) is 0 Å². The predicted octanol–water partition coefficient (Wildman–Crippen LogP) is 4.52. The lowest BCUT2D eigenvalue weighted by atomic mass is 10.0. The zero-order valence-corrected chi connectivity index (χ0v) is 20.9. The molecule has 188 valence electrons. The maximum absolute atomic E-state index is 13.3. The molecule has 0 saturated heterocycles. The molecule has 0 bridgehead atoms. The van der Waals surface area contributed by atoms with Crippen LogP contribution in [0.25, 0.3) is 11.1 Å². The number of sulfone groups is 1. The lowest BCUT2D eigenvalue weighted by Gasteiger charge is -2.20. The van der Waals surface area contributed by atoms with Gasteiger partial charge in [0.15, 0.2) is 9.84 Å². The van der Waals surface area contributed by atoms with Crippen molar-refractivity contribution in [1.82, 2.24) is 10.3 Å². The third-order valence-electron chi connectivity index (χ3n) is 5.55. The van der Waals surface area contributed by atoms with Crippen LogP contribution >= 0.6 is 0 Å². The summed E-state index contributed by atoms with van der Waals surface area (Å²) in [6.07, 6.45) is 4.55. The van der Waals surface area contributed by atoms with Crippen LogP contribution in [0.3, 0.4) is 0 Å². The number of rotatable bonds is 8. The minimum absolute atomic E-state index is 0.0927. The summed E-state index contributed by atoms with van der Waals surface area (Å²) in [5, 5.41) is 8.17. The lowest BCUT2D eigenvalue weighted by Crippen LogP contribution is -2.47. The van der Waals surface area contributed by atoms with Crippen LogP contribution in [0.4, 0.5) is 16.2 Å². The highest BCUT2D eigenvalue weighted by Crippen LogP contribution is 2.30. The Kier molecular flexibility index (Phi) is 7.95. The van der Waals surface area contributed by atoms with Gasteiger partial charge < -0.3 is 16.0 Å². The number of urea groups is 1. The number of para-hydroxylation sites is 1. The van der Waals surface area contributed by atoms with Gasteiger partial charge in [0, 0.05) is 42.0 Å². The molecule has 3 aromatic carbocycles. The van der Waals surface area contributed by atoms with Gasteiger partial charge in [-0.05, 0) is 41.5 Å². The number of anilines is 2. The maximum Gasteiger partial charge on any atom is 0.319 e. The van der Waals surface area contributed by atoms with Gasteiger partial charge >= 0.3 is 6.03 Å². The molecule has 1 aromatic heterocycles. The van der Waals surface area contributed by atoms with E-state index in [-0.39, 0.29) is 11.3 Å². The van der Waals surface area contributed by atoms with E-state index in [4.69, 9.17) is 0 Å². The van der Waals surface area contributed by atoms with Crippen molar-refractivity contribution in [1.29, 1.82) is 0 Å². The Morgan fingerprint density at radius 1 is 0.838 bits per heavy atom. The normalized spacial score (nSPS) is 11.8. The highest BCUT2D eigenvalue weighted by molar-refractivity contribution is 7.90. The van der Waals surface area contributed by atoms with E-state index in [0.29, 0.717) is 16.9 Å². The summed E-state index contributed by atoms with van der Waals surface area (Å²) < 4.78 is 25.1. The quantitative estimate of drug-likeness (QED) is 0.320. The second kappa shape index (κ2) is 11.5. The van der Waals surface area contributed by atoms with Crippen molar-refractivity contribution in [3.05, 3.63) is 109 Å². The molecule has 0 saturated carbocycles. The van der Waals surface area contributed by atoms with Gasteiger partial charge in [0.1, 0.15) is 6.04 Å². The van der Waals surface area contributed by atoms with E-state index in [0.717, 1.165) is 17.4 Å². The van der Waals surface area contributed by atoms with Gasteiger partial charge in [-0.1, -0.05) is 60.7 Å². The van der Waals surface area contributed by atoms with E-state index in [9.17, 15) is 18.0 Å². The first kappa shape index (κ1) is 25.6. The first-order valence-electron chi connectivity index (χ1n) is 11.5. The second-order valence-corrected chi connectivity index (χ2v) is 10.4. The van der Waals surface area contributed by atoms with Crippen molar-refractivity contribution < 1.29 is 18.0 Å². The minimum Gasteiger partial charge on any atom is -0.326 e. The highest BCUT2D eigenvalue weighted by Gasteiger charge is 2.23. The molecule has 0 spiro atoms. The van der Waals surface area contributed by atoms with Crippen molar-refractivity contribution in [3.63, 3.8) is 0 Å². The van der Waals surface area contributed by atoms with Crippen LogP contribution in [0.5, 0.6) is 0 Å². The third-order valence-corrected chi connectivity index (χ3v) is 6.69. The summed E-state index contributed by atoms with van der Waals surface area (Å²) in [5.74, 6) is -0.501. The van der Waals surface area contributed by atoms with Crippen molar-refractivity contribution in [2.75, 3.05) is 16.9 Å². The lowest BCUT2D eigenvalue weighted by molar-refractivity contribution is -0.117. The van der Waals surface area contributed by atoms with E-state index >= 15 is 0 Å². The Bertz CT molecular complexity index is 1480. The average molecular weight is 515 g/mol. The van der Waals surface area contributed by atoms with E-state index in [1.807, 2.05) is 36.4 Å². The van der Waals surface area contributed by atoms with Gasteiger partial charge in [-0.25, -0.2) is 13.2 Å². The smallest absolute Gasteiger partial charge is 0.319 e. The van der Waals surface area contributed by atoms with Gasteiger partial charge in [-0.2, -0.15) is 0 Å². The third kappa shape index (κ3) is 7.02. The average Bonchev–Trinajstić information content (AvgIpc) is 2.89. The number of carbonyl (C=O) groups is 2. The van der Waals surface area contributed by atoms with Crippen LogP contribution in [0.1, 0.15) is 5.56 Å². The van der Waals surface area contributed by atoms with Gasteiger partial charge in [0.05, 0.1) is 4.90 Å². The fourth-order valence-corrected chi connectivity index (χ4v) is 4.73. The largest absolute Gasteiger partial charge is 0.326 e. The number of hydrogen-bond acceptors (Lipinski definition) is 5. The van der Waals surface area contributed by atoms with Crippen LogP contribution in [0, 0.1) is 0 Å². The Labute approximate surface area is 215 Å². The summed E-state index contributed by atoms with van der Waals surface area (Å²) in [5.41, 5.74) is 2.91. The number of nitrogens with zero attached hydrogens (tertiary/aromatic N) is 1. The Balaban J connectivity index is 1.58. The van der Waals surface area contributed by atoms with Gasteiger partial charge in [0.25, 0.3) is 0 Å². The molecule has 0 aliphatic rings. The second-order valence-electron chi connectivity index (χ2n) is 8.42. The molecule has 8 nitrogen and oxygen atoms in total. The zero-order chi connectivity index (χ0) is 26.3. The summed E-state index contributed by atoms with van der Waals surface area (Å²) in [7, 11) is -3.60. The van der Waals surface area contributed by atoms with Gasteiger partial charge in [-0.3, -0.25) is 9.78 Å². The Morgan fingerprint density at radius 3 is 2.19 bits per heavy atom. The number of amides is 3. The molecular formula is C28H26N4O4S. The Morgan fingerprint density at radius 2 is 1.54 bits per heavy atom. The standard InChI is InChI=1S/C28H26N4O4S/c1-37(35,36)26-18-23(14-15-24(26)21-10-4-2-5-11-21)30-27(33)25(17-20-9-8-16-29-19-20)32-28(34)31-22-12-6-3-7-13-22/h2-16,18-19,25H,17H2,1H3,(H,30,33)(H2,31,32,34)/t25-/m0/s1. The van der Waals surface area contributed by atoms with Crippen LogP contribution < -0.4 is 16.0 Å². The van der Waals surface area contributed by atoms with E-state index in [2.05, 4.69) is 20.9 Å². The molecule has 1 atom stereocenters. The van der Waals surface area contributed by atoms with Crippen LogP contribution in [-0.4, -0.2) is 37.6 Å². The summed E-state index contributed by atoms with van der Waals surface area (Å²) in [6.45, 7) is 0. The van der Waals surface area contributed by atoms with Crippen molar-refractivity contribution in [3.8, 4) is 11.1 Å². The molecular weight excluding hydrogens is 488 g/mol. The molecule has 4 aromatic rings. The highest BCUT2D eigenvalue weighted by atomic mass is 32.2. The fraction of sp³-hybridized carbons (Fsp3) is 0.107. The number of nitrogens with one attached hydrogen (secondary N) is 3. The molecule has 3 amide bonds. The maximum atomic E-state index is 13.3. The number of pyridine rings is 1. The van der Waals surface area contributed by atoms with Gasteiger partial charge in [0.2, 0.25) is 5.91 Å². The molecule has 9 heteroatoms. The van der Waals surface area contributed by atoms with Gasteiger partial charge in [-0.15, -0.1) is 0 Å². The van der Waals surface area contributed by atoms with Crippen LogP contribution in [0.2, 0.25) is 0 Å². The van der Waals surface area contributed by atoms with E-state index in [1.165, 1.54) is 6.07 Å². The first-order valence-corrected chi connectivity index (χ1v) is 13.4. The molecule has 37 heavy (non-hydrogen) atoms. The molecule has 0 fully saturated rings. The molecule has 0 aliphatic heterocycles. The Hall–Kier alpha value is -4.50. The summed E-state index contributed by atoms with van der Waals surface area (Å²) >= 11 is 0. The number of hydrogen-bond donors (Lipinski definition) is 3. The molecule has 3 N–H and O–H groups in total. The molecule has 0 radical (unpaired) electrons. The number of carbonyl (C=O) groups excluding carboxylic acids is 2. The predicted molar refractivity (Wildman–Crippen MR) is 144 cm³/mol. The molecule has 0 aliphatic carbocycles. The monoisotopic (exact) mass is 514 g/mol. The summed E-state index contributed by atoms with van der Waals surface area (Å²) in [4.78, 5) is 30.1. The van der Waals surface area contributed by atoms with E-state index in [1.54, 1.807) is 60.9 Å². The van der Waals surface area contributed by atoms with Crippen LogP contribution in [0.15, 0.2) is 108 Å². The van der Waals surface area contributed by atoms with Crippen LogP contribution in [-0.2, 0) is 21.1 Å². The minimum atomic E-state index is -3.60. The van der Waals surface area contributed by atoms with E-state index < -0.39 is 27.8 Å². The van der Waals surface area contributed by atoms with Crippen molar-refractivity contribution >= 4 is 33.2 Å². The number of aromatic nitrogens is 1. The molecule has 4 rings (SSSR count). The zero-order valence-electron chi connectivity index (χ0n) is 20.1.